The van der Waals surface area contributed by atoms with E-state index in [0.29, 0.717) is 29.9 Å². The van der Waals surface area contributed by atoms with Gasteiger partial charge in [0.05, 0.1) is 6.20 Å². The van der Waals surface area contributed by atoms with Gasteiger partial charge < -0.3 is 15.1 Å². The molecule has 6 nitrogen and oxygen atoms in total. The van der Waals surface area contributed by atoms with Crippen molar-refractivity contribution in [1.29, 1.82) is 0 Å². The molecule has 0 saturated heterocycles. The molecule has 0 atom stereocenters. The predicted octanol–water partition coefficient (Wildman–Crippen LogP) is 6.08. The number of nitrogens with one attached hydrogen (secondary N) is 2. The highest BCUT2D eigenvalue weighted by Gasteiger charge is 2.15. The average molecular weight is 409 g/mol. The van der Waals surface area contributed by atoms with Crippen molar-refractivity contribution in [1.82, 2.24) is 9.97 Å². The molecule has 6 heteroatoms. The first kappa shape index (κ1) is 21.8. The molecule has 0 bridgehead atoms. The van der Waals surface area contributed by atoms with E-state index in [0.717, 1.165) is 37.0 Å². The van der Waals surface area contributed by atoms with Crippen LogP contribution in [0.25, 0.3) is 11.1 Å². The molecule has 3 rings (SSSR count). The molecule has 2 heterocycles. The van der Waals surface area contributed by atoms with E-state index in [1.54, 1.807) is 12.4 Å². The third kappa shape index (κ3) is 5.59. The van der Waals surface area contributed by atoms with E-state index in [1.165, 1.54) is 11.1 Å². The fourth-order valence-electron chi connectivity index (χ4n) is 3.54. The standard InChI is InChI=1S/C24H32N4O2/c1-16(2)18-9-8-10-19(17(3)4)23(18)28-22(29)11-6-5-7-13-26-24-27-20-12-14-25-15-21(20)30-24/h8-10,12,14-17H,5-7,11,13H2,1-4H3,(H,26,27)(H,28,29). The normalized spacial score (nSPS) is 11.4. The summed E-state index contributed by atoms with van der Waals surface area (Å²) in [6, 6.07) is 8.65. The first-order chi connectivity index (χ1) is 14.5. The highest BCUT2D eigenvalue weighted by atomic mass is 16.4. The molecule has 2 N–H and O–H groups in total. The fourth-order valence-corrected chi connectivity index (χ4v) is 3.54. The van der Waals surface area contributed by atoms with Crippen LogP contribution in [0.3, 0.4) is 0 Å². The van der Waals surface area contributed by atoms with Crippen LogP contribution in [0.1, 0.15) is 76.3 Å². The van der Waals surface area contributed by atoms with Gasteiger partial charge in [0, 0.05) is 24.8 Å². The molecule has 1 aromatic carbocycles. The Hall–Kier alpha value is -2.89. The molecular formula is C24H32N4O2. The van der Waals surface area contributed by atoms with E-state index in [4.69, 9.17) is 4.42 Å². The quantitative estimate of drug-likeness (QED) is 0.397. The Morgan fingerprint density at radius 2 is 1.77 bits per heavy atom. The molecule has 0 aliphatic carbocycles. The van der Waals surface area contributed by atoms with Crippen LogP contribution in [0.4, 0.5) is 11.7 Å². The average Bonchev–Trinajstić information content (AvgIpc) is 3.13. The summed E-state index contributed by atoms with van der Waals surface area (Å²) >= 11 is 0. The number of amides is 1. The van der Waals surface area contributed by atoms with Gasteiger partial charge in [0.25, 0.3) is 6.01 Å². The smallest absolute Gasteiger partial charge is 0.295 e. The maximum Gasteiger partial charge on any atom is 0.295 e. The number of aromatic nitrogens is 2. The van der Waals surface area contributed by atoms with Crippen molar-refractivity contribution >= 4 is 28.7 Å². The monoisotopic (exact) mass is 408 g/mol. The van der Waals surface area contributed by atoms with Crippen LogP contribution in [0, 0.1) is 0 Å². The number of pyridine rings is 1. The zero-order valence-corrected chi connectivity index (χ0v) is 18.4. The predicted molar refractivity (Wildman–Crippen MR) is 122 cm³/mol. The summed E-state index contributed by atoms with van der Waals surface area (Å²) in [5.74, 6) is 0.824. The Morgan fingerprint density at radius 1 is 1.03 bits per heavy atom. The number of hydrogen-bond donors (Lipinski definition) is 2. The SMILES string of the molecule is CC(C)c1cccc(C(C)C)c1NC(=O)CCCCCNc1nc2ccncc2o1. The zero-order chi connectivity index (χ0) is 21.5. The van der Waals surface area contributed by atoms with Gasteiger partial charge in [-0.15, -0.1) is 0 Å². The summed E-state index contributed by atoms with van der Waals surface area (Å²) in [5.41, 5.74) is 4.88. The highest BCUT2D eigenvalue weighted by Crippen LogP contribution is 2.32. The van der Waals surface area contributed by atoms with E-state index in [2.05, 4.69) is 66.5 Å². The Bertz CT molecular complexity index is 919. The van der Waals surface area contributed by atoms with Crippen LogP contribution in [-0.4, -0.2) is 22.4 Å². The number of benzene rings is 1. The lowest BCUT2D eigenvalue weighted by molar-refractivity contribution is -0.116. The first-order valence-electron chi connectivity index (χ1n) is 10.8. The molecular weight excluding hydrogens is 376 g/mol. The minimum absolute atomic E-state index is 0.0874. The number of fused-ring (bicyclic) bond motifs is 1. The minimum atomic E-state index is 0.0874. The Morgan fingerprint density at radius 3 is 2.43 bits per heavy atom. The summed E-state index contributed by atoms with van der Waals surface area (Å²) in [6.07, 6.45) is 6.65. The van der Waals surface area contributed by atoms with Gasteiger partial charge in [-0.2, -0.15) is 4.98 Å². The summed E-state index contributed by atoms with van der Waals surface area (Å²) in [6.45, 7) is 9.41. The molecule has 0 radical (unpaired) electrons. The third-order valence-electron chi connectivity index (χ3n) is 5.19. The van der Waals surface area contributed by atoms with Crippen molar-refractivity contribution in [2.45, 2.75) is 65.2 Å². The number of hydrogen-bond acceptors (Lipinski definition) is 5. The van der Waals surface area contributed by atoms with Crippen LogP contribution < -0.4 is 10.6 Å². The van der Waals surface area contributed by atoms with Gasteiger partial charge in [0.1, 0.15) is 5.52 Å². The van der Waals surface area contributed by atoms with Crippen molar-refractivity contribution in [3.8, 4) is 0 Å². The summed E-state index contributed by atoms with van der Waals surface area (Å²) < 4.78 is 5.59. The molecule has 0 aliphatic heterocycles. The van der Waals surface area contributed by atoms with Crippen LogP contribution in [0.15, 0.2) is 41.1 Å². The lowest BCUT2D eigenvalue weighted by Crippen LogP contribution is -2.15. The van der Waals surface area contributed by atoms with Gasteiger partial charge in [-0.1, -0.05) is 52.3 Å². The fraction of sp³-hybridized carbons (Fsp3) is 0.458. The Labute approximate surface area is 178 Å². The number of anilines is 2. The molecule has 0 spiro atoms. The molecule has 160 valence electrons. The lowest BCUT2D eigenvalue weighted by Gasteiger charge is -2.20. The van der Waals surface area contributed by atoms with E-state index in [9.17, 15) is 4.79 Å². The van der Waals surface area contributed by atoms with Gasteiger partial charge in [-0.05, 0) is 41.9 Å². The molecule has 2 aromatic heterocycles. The minimum Gasteiger partial charge on any atom is -0.422 e. The van der Waals surface area contributed by atoms with Gasteiger partial charge in [0.15, 0.2) is 5.58 Å². The summed E-state index contributed by atoms with van der Waals surface area (Å²) in [7, 11) is 0. The van der Waals surface area contributed by atoms with Crippen LogP contribution in [0.5, 0.6) is 0 Å². The number of carbonyl (C=O) groups is 1. The molecule has 0 unspecified atom stereocenters. The second-order valence-corrected chi connectivity index (χ2v) is 8.27. The molecule has 1 amide bonds. The molecule has 30 heavy (non-hydrogen) atoms. The number of unbranched alkanes of at least 4 members (excludes halogenated alkanes) is 2. The number of rotatable bonds is 10. The van der Waals surface area contributed by atoms with Crippen LogP contribution in [-0.2, 0) is 4.79 Å². The maximum atomic E-state index is 12.6. The van der Waals surface area contributed by atoms with Gasteiger partial charge in [0.2, 0.25) is 5.91 Å². The second-order valence-electron chi connectivity index (χ2n) is 8.27. The van der Waals surface area contributed by atoms with Crippen molar-refractivity contribution in [2.24, 2.45) is 0 Å². The second kappa shape index (κ2) is 10.2. The summed E-state index contributed by atoms with van der Waals surface area (Å²) in [5, 5.41) is 6.38. The summed E-state index contributed by atoms with van der Waals surface area (Å²) in [4.78, 5) is 21.0. The highest BCUT2D eigenvalue weighted by molar-refractivity contribution is 5.92. The zero-order valence-electron chi connectivity index (χ0n) is 18.4. The first-order valence-corrected chi connectivity index (χ1v) is 10.8. The van der Waals surface area contributed by atoms with Crippen molar-refractivity contribution in [3.05, 3.63) is 47.8 Å². The van der Waals surface area contributed by atoms with Crippen molar-refractivity contribution < 1.29 is 9.21 Å². The number of nitrogens with zero attached hydrogens (tertiary/aromatic N) is 2. The van der Waals surface area contributed by atoms with Crippen molar-refractivity contribution in [3.63, 3.8) is 0 Å². The van der Waals surface area contributed by atoms with Crippen LogP contribution >= 0.6 is 0 Å². The number of para-hydroxylation sites is 1. The maximum absolute atomic E-state index is 12.6. The van der Waals surface area contributed by atoms with E-state index < -0.39 is 0 Å². The molecule has 3 aromatic rings. The molecule has 0 fully saturated rings. The largest absolute Gasteiger partial charge is 0.422 e. The Kier molecular flexibility index (Phi) is 7.44. The van der Waals surface area contributed by atoms with E-state index in [-0.39, 0.29) is 5.91 Å². The van der Waals surface area contributed by atoms with Crippen LogP contribution in [0.2, 0.25) is 0 Å². The third-order valence-corrected chi connectivity index (χ3v) is 5.19. The number of carbonyl (C=O) groups excluding carboxylic acids is 1. The van der Waals surface area contributed by atoms with Gasteiger partial charge in [-0.25, -0.2) is 0 Å². The van der Waals surface area contributed by atoms with Gasteiger partial charge in [-0.3, -0.25) is 9.78 Å². The number of oxazole rings is 1. The van der Waals surface area contributed by atoms with Crippen molar-refractivity contribution in [2.75, 3.05) is 17.2 Å². The van der Waals surface area contributed by atoms with Gasteiger partial charge >= 0.3 is 0 Å². The Balaban J connectivity index is 1.43. The molecule has 0 saturated carbocycles. The van der Waals surface area contributed by atoms with E-state index in [1.807, 2.05) is 6.07 Å². The molecule has 0 aliphatic rings. The lowest BCUT2D eigenvalue weighted by atomic mass is 9.92. The topological polar surface area (TPSA) is 80.0 Å². The van der Waals surface area contributed by atoms with E-state index >= 15 is 0 Å².